The number of aromatic nitrogens is 1. The van der Waals surface area contributed by atoms with Crippen molar-refractivity contribution in [2.75, 3.05) is 25.1 Å². The van der Waals surface area contributed by atoms with Crippen molar-refractivity contribution in [2.24, 2.45) is 5.73 Å². The van der Waals surface area contributed by atoms with E-state index < -0.39 is 15.7 Å². The number of halogens is 2. The molecular weight excluding hydrogens is 461 g/mol. The van der Waals surface area contributed by atoms with Crippen LogP contribution in [0.15, 0.2) is 36.5 Å². The number of benzene rings is 1. The van der Waals surface area contributed by atoms with Crippen molar-refractivity contribution in [3.63, 3.8) is 0 Å². The van der Waals surface area contributed by atoms with Crippen molar-refractivity contribution < 1.29 is 30.8 Å². The van der Waals surface area contributed by atoms with E-state index in [4.69, 9.17) is 46.6 Å². The van der Waals surface area contributed by atoms with Gasteiger partial charge in [-0.1, -0.05) is 18.2 Å². The fourth-order valence-corrected chi connectivity index (χ4v) is 2.52. The monoisotopic (exact) mass is 487 g/mol. The Morgan fingerprint density at radius 3 is 1.94 bits per heavy atom. The van der Waals surface area contributed by atoms with Crippen LogP contribution in [-0.4, -0.2) is 61.1 Å². The molecule has 0 unspecified atom stereocenters. The highest BCUT2D eigenvalue weighted by Crippen LogP contribution is 2.22. The van der Waals surface area contributed by atoms with Gasteiger partial charge in [0.2, 0.25) is 0 Å². The van der Waals surface area contributed by atoms with E-state index in [1.165, 1.54) is 0 Å². The lowest BCUT2D eigenvalue weighted by Crippen LogP contribution is -2.43. The molecule has 0 saturated carbocycles. The number of pyridine rings is 1. The van der Waals surface area contributed by atoms with Crippen LogP contribution < -0.4 is 11.1 Å². The second-order valence-electron chi connectivity index (χ2n) is 5.84. The van der Waals surface area contributed by atoms with E-state index in [-0.39, 0.29) is 38.0 Å². The van der Waals surface area contributed by atoms with Gasteiger partial charge in [-0.15, -0.1) is 45.0 Å². The minimum Gasteiger partial charge on any atom is -0.396 e. The van der Waals surface area contributed by atoms with Crippen molar-refractivity contribution in [1.29, 1.82) is 0 Å². The number of hydrogen-bond donors (Lipinski definition) is 6. The average Bonchev–Trinajstić information content (AvgIpc) is 2.61. The van der Waals surface area contributed by atoms with Gasteiger partial charge in [-0.2, -0.15) is 0 Å². The van der Waals surface area contributed by atoms with E-state index in [2.05, 4.69) is 10.3 Å². The molecule has 0 fully saturated rings. The topological polar surface area (TPSA) is 218 Å². The predicted octanol–water partition coefficient (Wildman–Crippen LogP) is 1.65. The summed E-state index contributed by atoms with van der Waals surface area (Å²) >= 11 is 0. The molecule has 0 aliphatic heterocycles. The SMILES string of the molecule is Cl.Cl.NC(CCO)(CCO)CCNc1ccnc2ccccc12.O=[N+]([O-])O.O=[N+]([O-])O. The summed E-state index contributed by atoms with van der Waals surface area (Å²) in [6.45, 7) is 0.758. The van der Waals surface area contributed by atoms with E-state index in [1.54, 1.807) is 6.20 Å². The molecule has 0 bridgehead atoms. The van der Waals surface area contributed by atoms with E-state index in [0.717, 1.165) is 16.6 Å². The standard InChI is InChI=1S/C16H23N3O2.2ClH.2HNO3/c17-16(7-11-20,8-12-21)6-10-19-15-5-9-18-14-4-2-1-3-13(14)15;;;2*2-1(3)4/h1-5,9,20-21H,6-8,10-12,17H2,(H,18,19);2*1H;2*(H,2,3,4). The molecule has 1 aromatic heterocycles. The van der Waals surface area contributed by atoms with Gasteiger partial charge in [-0.25, -0.2) is 0 Å². The van der Waals surface area contributed by atoms with Crippen LogP contribution in [0.4, 0.5) is 5.69 Å². The maximum Gasteiger partial charge on any atom is 0.291 e. The van der Waals surface area contributed by atoms with Gasteiger partial charge in [0, 0.05) is 42.6 Å². The van der Waals surface area contributed by atoms with Crippen molar-refractivity contribution in [3.8, 4) is 0 Å². The molecule has 0 aliphatic carbocycles. The highest BCUT2D eigenvalue weighted by molar-refractivity contribution is 5.90. The summed E-state index contributed by atoms with van der Waals surface area (Å²) in [5, 5.41) is 49.9. The molecule has 1 heterocycles. The second-order valence-corrected chi connectivity index (χ2v) is 5.84. The molecule has 0 spiro atoms. The second kappa shape index (κ2) is 18.1. The predicted molar refractivity (Wildman–Crippen MR) is 117 cm³/mol. The molecule has 15 heteroatoms. The summed E-state index contributed by atoms with van der Waals surface area (Å²) in [5.74, 6) is 0. The molecule has 0 amide bonds. The van der Waals surface area contributed by atoms with Crippen LogP contribution in [0.1, 0.15) is 19.3 Å². The molecule has 2 rings (SSSR count). The van der Waals surface area contributed by atoms with Gasteiger partial charge in [0.15, 0.2) is 0 Å². The van der Waals surface area contributed by atoms with E-state index in [1.807, 2.05) is 30.3 Å². The normalized spacial score (nSPS) is 9.52. The van der Waals surface area contributed by atoms with Crippen LogP contribution in [0.2, 0.25) is 0 Å². The lowest BCUT2D eigenvalue weighted by atomic mass is 9.89. The zero-order valence-electron chi connectivity index (χ0n) is 16.4. The zero-order valence-corrected chi connectivity index (χ0v) is 18.0. The Hall–Kier alpha value is -2.71. The maximum atomic E-state index is 9.10. The van der Waals surface area contributed by atoms with Gasteiger partial charge >= 0.3 is 0 Å². The molecule has 1 aromatic carbocycles. The molecule has 0 atom stereocenters. The van der Waals surface area contributed by atoms with E-state index in [0.29, 0.717) is 25.8 Å². The third-order valence-corrected chi connectivity index (χ3v) is 3.81. The van der Waals surface area contributed by atoms with Gasteiger partial charge in [-0.3, -0.25) is 4.98 Å². The van der Waals surface area contributed by atoms with Gasteiger partial charge < -0.3 is 31.7 Å². The van der Waals surface area contributed by atoms with Crippen LogP contribution in [0.25, 0.3) is 10.9 Å². The van der Waals surface area contributed by atoms with E-state index in [9.17, 15) is 0 Å². The van der Waals surface area contributed by atoms with Crippen molar-refractivity contribution in [2.45, 2.75) is 24.8 Å². The van der Waals surface area contributed by atoms with Crippen molar-refractivity contribution >= 4 is 41.4 Å². The molecular formula is C16H27Cl2N5O8. The smallest absolute Gasteiger partial charge is 0.291 e. The maximum absolute atomic E-state index is 9.10. The fourth-order valence-electron chi connectivity index (χ4n) is 2.52. The van der Waals surface area contributed by atoms with Gasteiger partial charge in [0.1, 0.15) is 0 Å². The van der Waals surface area contributed by atoms with Crippen LogP contribution in [0.3, 0.4) is 0 Å². The number of nitrogens with zero attached hydrogens (tertiary/aromatic N) is 3. The van der Waals surface area contributed by atoms with Crippen LogP contribution in [0.5, 0.6) is 0 Å². The Kier molecular flexibility index (Phi) is 19.2. The molecule has 31 heavy (non-hydrogen) atoms. The molecule has 2 aromatic rings. The number of nitrogens with one attached hydrogen (secondary N) is 1. The van der Waals surface area contributed by atoms with E-state index >= 15 is 0 Å². The highest BCUT2D eigenvalue weighted by Gasteiger charge is 2.23. The summed E-state index contributed by atoms with van der Waals surface area (Å²) in [6, 6.07) is 9.90. The lowest BCUT2D eigenvalue weighted by molar-refractivity contribution is -0.742. The Morgan fingerprint density at radius 2 is 1.45 bits per heavy atom. The number of para-hydroxylation sites is 1. The number of aliphatic hydroxyl groups is 2. The molecule has 178 valence electrons. The Labute approximate surface area is 189 Å². The molecule has 13 nitrogen and oxygen atoms in total. The van der Waals surface area contributed by atoms with Gasteiger partial charge in [0.05, 0.1) is 5.52 Å². The molecule has 0 saturated heterocycles. The largest absolute Gasteiger partial charge is 0.396 e. The quantitative estimate of drug-likeness (QED) is 0.232. The summed E-state index contributed by atoms with van der Waals surface area (Å²) in [7, 11) is 0. The van der Waals surface area contributed by atoms with Crippen molar-refractivity contribution in [3.05, 3.63) is 56.8 Å². The Bertz CT molecular complexity index is 740. The number of anilines is 1. The first kappa shape index (κ1) is 32.9. The first-order valence-corrected chi connectivity index (χ1v) is 8.40. The fraction of sp³-hybridized carbons (Fsp3) is 0.438. The number of nitrogens with two attached hydrogens (primary N) is 1. The molecule has 7 N–H and O–H groups in total. The van der Waals surface area contributed by atoms with Gasteiger partial charge in [0.25, 0.3) is 10.2 Å². The molecule has 0 radical (unpaired) electrons. The number of fused-ring (bicyclic) bond motifs is 1. The third kappa shape index (κ3) is 15.7. The number of aliphatic hydroxyl groups excluding tert-OH is 2. The summed E-state index contributed by atoms with van der Waals surface area (Å²) in [6.07, 6.45) is 3.45. The summed E-state index contributed by atoms with van der Waals surface area (Å²) in [4.78, 5) is 21.0. The minimum absolute atomic E-state index is 0. The van der Waals surface area contributed by atoms with Crippen LogP contribution >= 0.6 is 24.8 Å². The van der Waals surface area contributed by atoms with Crippen LogP contribution in [0, 0.1) is 20.2 Å². The first-order chi connectivity index (χ1) is 13.6. The third-order valence-electron chi connectivity index (χ3n) is 3.81. The van der Waals surface area contributed by atoms with Gasteiger partial charge in [-0.05, 0) is 31.4 Å². The van der Waals surface area contributed by atoms with Crippen molar-refractivity contribution in [1.82, 2.24) is 4.98 Å². The number of rotatable bonds is 8. The average molecular weight is 488 g/mol. The van der Waals surface area contributed by atoms with Crippen LogP contribution in [-0.2, 0) is 0 Å². The Balaban J connectivity index is -0.000000678. The minimum atomic E-state index is -1.50. The summed E-state index contributed by atoms with van der Waals surface area (Å²) in [5.41, 5.74) is 7.67. The number of hydrogen-bond acceptors (Lipinski definition) is 9. The highest BCUT2D eigenvalue weighted by atomic mass is 35.5. The first-order valence-electron chi connectivity index (χ1n) is 8.40. The molecule has 0 aliphatic rings. The lowest BCUT2D eigenvalue weighted by Gasteiger charge is -2.28. The summed E-state index contributed by atoms with van der Waals surface area (Å²) < 4.78 is 0. The Morgan fingerprint density at radius 1 is 0.968 bits per heavy atom. The zero-order chi connectivity index (χ0) is 22.3.